The minimum Gasteiger partial charge on any atom is -0.397 e. The first kappa shape index (κ1) is 13.8. The summed E-state index contributed by atoms with van der Waals surface area (Å²) < 4.78 is 0. The molecule has 1 heterocycles. The summed E-state index contributed by atoms with van der Waals surface area (Å²) in [6, 6.07) is 2.08. The van der Waals surface area contributed by atoms with Crippen molar-refractivity contribution < 1.29 is 0 Å². The van der Waals surface area contributed by atoms with Crippen LogP contribution in [0.15, 0.2) is 12.3 Å². The summed E-state index contributed by atoms with van der Waals surface area (Å²) in [4.78, 5) is 6.77. The minimum atomic E-state index is 0.745. The van der Waals surface area contributed by atoms with Crippen molar-refractivity contribution in [2.75, 3.05) is 23.7 Å². The molecule has 1 aromatic rings. The molecule has 3 nitrogen and oxygen atoms in total. The van der Waals surface area contributed by atoms with E-state index in [0.29, 0.717) is 0 Å². The number of aryl methyl sites for hydroxylation is 1. The topological polar surface area (TPSA) is 42.1 Å². The van der Waals surface area contributed by atoms with Gasteiger partial charge in [-0.3, -0.25) is 0 Å². The summed E-state index contributed by atoms with van der Waals surface area (Å²) in [5.41, 5.74) is 7.68. The van der Waals surface area contributed by atoms with E-state index in [1.54, 1.807) is 6.20 Å². The van der Waals surface area contributed by atoms with E-state index < -0.39 is 0 Å². The predicted molar refractivity (Wildman–Crippen MR) is 75.3 cm³/mol. The summed E-state index contributed by atoms with van der Waals surface area (Å²) in [6.45, 7) is 10.8. The van der Waals surface area contributed by atoms with E-state index in [-0.39, 0.29) is 0 Å². The Bertz CT molecular complexity index is 345. The van der Waals surface area contributed by atoms with Gasteiger partial charge in [-0.2, -0.15) is 0 Å². The maximum atomic E-state index is 5.80. The van der Waals surface area contributed by atoms with Gasteiger partial charge in [0.1, 0.15) is 5.82 Å². The van der Waals surface area contributed by atoms with Gasteiger partial charge < -0.3 is 10.6 Å². The Morgan fingerprint density at radius 2 is 1.94 bits per heavy atom. The molecule has 0 atom stereocenters. The first-order valence-electron chi connectivity index (χ1n) is 6.59. The van der Waals surface area contributed by atoms with Gasteiger partial charge in [-0.15, -0.1) is 0 Å². The average Bonchev–Trinajstić information content (AvgIpc) is 2.35. The first-order chi connectivity index (χ1) is 8.12. The number of nitrogens with two attached hydrogens (primary N) is 1. The molecule has 0 aliphatic carbocycles. The van der Waals surface area contributed by atoms with Crippen LogP contribution in [0.1, 0.15) is 39.2 Å². The number of aromatic nitrogens is 1. The fourth-order valence-corrected chi connectivity index (χ4v) is 1.97. The van der Waals surface area contributed by atoms with E-state index in [2.05, 4.69) is 36.7 Å². The summed E-state index contributed by atoms with van der Waals surface area (Å²) in [5.74, 6) is 1.79. The molecule has 0 spiro atoms. The second-order valence-electron chi connectivity index (χ2n) is 4.62. The molecule has 0 saturated carbocycles. The van der Waals surface area contributed by atoms with Gasteiger partial charge in [0.05, 0.1) is 11.9 Å². The standard InChI is InChI=1S/C14H25N3/c1-5-12(6-2)10-17(7-3)14-8-11(4)13(15)9-16-14/h8-9,12H,5-7,10,15H2,1-4H3. The number of anilines is 2. The van der Waals surface area contributed by atoms with Crippen molar-refractivity contribution in [1.82, 2.24) is 4.98 Å². The van der Waals surface area contributed by atoms with E-state index in [4.69, 9.17) is 5.73 Å². The van der Waals surface area contributed by atoms with E-state index in [0.717, 1.165) is 36.1 Å². The van der Waals surface area contributed by atoms with Crippen molar-refractivity contribution in [3.8, 4) is 0 Å². The van der Waals surface area contributed by atoms with Crippen molar-refractivity contribution >= 4 is 11.5 Å². The van der Waals surface area contributed by atoms with Gasteiger partial charge in [0.15, 0.2) is 0 Å². The van der Waals surface area contributed by atoms with Crippen LogP contribution in [0.5, 0.6) is 0 Å². The molecule has 0 fully saturated rings. The Morgan fingerprint density at radius 3 is 2.41 bits per heavy atom. The molecule has 0 radical (unpaired) electrons. The van der Waals surface area contributed by atoms with Crippen molar-refractivity contribution in [2.24, 2.45) is 5.92 Å². The zero-order chi connectivity index (χ0) is 12.8. The molecule has 0 saturated heterocycles. The van der Waals surface area contributed by atoms with Crippen LogP contribution in [0, 0.1) is 12.8 Å². The van der Waals surface area contributed by atoms with Crippen LogP contribution in [0.3, 0.4) is 0 Å². The van der Waals surface area contributed by atoms with Gasteiger partial charge in [-0.05, 0) is 31.4 Å². The van der Waals surface area contributed by atoms with E-state index in [1.165, 1.54) is 12.8 Å². The van der Waals surface area contributed by atoms with Gasteiger partial charge >= 0.3 is 0 Å². The lowest BCUT2D eigenvalue weighted by atomic mass is 10.0. The molecule has 2 N–H and O–H groups in total. The number of pyridine rings is 1. The SMILES string of the molecule is CCC(CC)CN(CC)c1cc(C)c(N)cn1. The van der Waals surface area contributed by atoms with Gasteiger partial charge in [0.25, 0.3) is 0 Å². The number of nitrogen functional groups attached to an aromatic ring is 1. The quantitative estimate of drug-likeness (QED) is 0.823. The number of hydrogen-bond acceptors (Lipinski definition) is 3. The summed E-state index contributed by atoms with van der Waals surface area (Å²) in [7, 11) is 0. The van der Waals surface area contributed by atoms with E-state index >= 15 is 0 Å². The first-order valence-corrected chi connectivity index (χ1v) is 6.59. The van der Waals surface area contributed by atoms with Gasteiger partial charge in [-0.25, -0.2) is 4.98 Å². The molecule has 96 valence electrons. The highest BCUT2D eigenvalue weighted by Gasteiger charge is 2.12. The highest BCUT2D eigenvalue weighted by molar-refractivity contribution is 5.52. The third-order valence-electron chi connectivity index (χ3n) is 3.48. The smallest absolute Gasteiger partial charge is 0.128 e. The molecule has 1 aromatic heterocycles. The van der Waals surface area contributed by atoms with Crippen LogP contribution in [0.2, 0.25) is 0 Å². The van der Waals surface area contributed by atoms with Gasteiger partial charge in [0.2, 0.25) is 0 Å². The van der Waals surface area contributed by atoms with Crippen LogP contribution in [-0.4, -0.2) is 18.1 Å². The van der Waals surface area contributed by atoms with Crippen molar-refractivity contribution in [3.05, 3.63) is 17.8 Å². The minimum absolute atomic E-state index is 0.745. The van der Waals surface area contributed by atoms with Gasteiger partial charge in [-0.1, -0.05) is 26.7 Å². The summed E-state index contributed by atoms with van der Waals surface area (Å²) >= 11 is 0. The van der Waals surface area contributed by atoms with Crippen molar-refractivity contribution in [2.45, 2.75) is 40.5 Å². The van der Waals surface area contributed by atoms with Crippen molar-refractivity contribution in [3.63, 3.8) is 0 Å². The predicted octanol–water partition coefficient (Wildman–Crippen LogP) is 3.23. The second kappa shape index (κ2) is 6.48. The normalized spacial score (nSPS) is 10.9. The number of hydrogen-bond donors (Lipinski definition) is 1. The number of nitrogens with zero attached hydrogens (tertiary/aromatic N) is 2. The molecular formula is C14H25N3. The lowest BCUT2D eigenvalue weighted by Gasteiger charge is -2.26. The highest BCUT2D eigenvalue weighted by atomic mass is 15.2. The molecule has 0 unspecified atom stereocenters. The van der Waals surface area contributed by atoms with Crippen LogP contribution < -0.4 is 10.6 Å². The molecule has 0 bridgehead atoms. The molecule has 0 aromatic carbocycles. The molecule has 0 aliphatic rings. The molecule has 17 heavy (non-hydrogen) atoms. The number of rotatable bonds is 6. The molecular weight excluding hydrogens is 210 g/mol. The van der Waals surface area contributed by atoms with Crippen molar-refractivity contribution in [1.29, 1.82) is 0 Å². The zero-order valence-electron chi connectivity index (χ0n) is 11.5. The molecule has 0 aliphatic heterocycles. The maximum Gasteiger partial charge on any atom is 0.128 e. The third-order valence-corrected chi connectivity index (χ3v) is 3.48. The fourth-order valence-electron chi connectivity index (χ4n) is 1.97. The Labute approximate surface area is 105 Å². The molecule has 0 amide bonds. The highest BCUT2D eigenvalue weighted by Crippen LogP contribution is 2.19. The Hall–Kier alpha value is -1.25. The molecule has 3 heteroatoms. The lowest BCUT2D eigenvalue weighted by molar-refractivity contribution is 0.484. The van der Waals surface area contributed by atoms with Crippen LogP contribution in [0.25, 0.3) is 0 Å². The van der Waals surface area contributed by atoms with Crippen LogP contribution >= 0.6 is 0 Å². The Kier molecular flexibility index (Phi) is 5.26. The summed E-state index contributed by atoms with van der Waals surface area (Å²) in [6.07, 6.45) is 4.21. The van der Waals surface area contributed by atoms with Gasteiger partial charge in [0, 0.05) is 13.1 Å². The second-order valence-corrected chi connectivity index (χ2v) is 4.62. The average molecular weight is 235 g/mol. The Balaban J connectivity index is 2.82. The maximum absolute atomic E-state index is 5.80. The van der Waals surface area contributed by atoms with Crippen LogP contribution in [-0.2, 0) is 0 Å². The lowest BCUT2D eigenvalue weighted by Crippen LogP contribution is -2.29. The monoisotopic (exact) mass is 235 g/mol. The van der Waals surface area contributed by atoms with E-state index in [9.17, 15) is 0 Å². The molecule has 1 rings (SSSR count). The Morgan fingerprint density at radius 1 is 1.29 bits per heavy atom. The van der Waals surface area contributed by atoms with Crippen LogP contribution in [0.4, 0.5) is 11.5 Å². The summed E-state index contributed by atoms with van der Waals surface area (Å²) in [5, 5.41) is 0. The van der Waals surface area contributed by atoms with E-state index in [1.807, 2.05) is 6.92 Å². The zero-order valence-corrected chi connectivity index (χ0v) is 11.5. The largest absolute Gasteiger partial charge is 0.397 e. The fraction of sp³-hybridized carbons (Fsp3) is 0.643. The third kappa shape index (κ3) is 3.62.